The maximum atomic E-state index is 6.00. The summed E-state index contributed by atoms with van der Waals surface area (Å²) in [6.45, 7) is 1.14. The molecule has 1 N–H and O–H groups in total. The highest BCUT2D eigenvalue weighted by Crippen LogP contribution is 2.27. The van der Waals surface area contributed by atoms with E-state index in [1.54, 1.807) is 17.7 Å². The number of aromatic nitrogens is 2. The maximum Gasteiger partial charge on any atom is 0.138 e. The normalized spacial score (nSPS) is 12.2. The minimum Gasteiger partial charge on any atom is -0.374 e. The molecule has 2 aromatic carbocycles. The molecule has 0 aliphatic carbocycles. The van der Waals surface area contributed by atoms with Crippen molar-refractivity contribution in [1.29, 1.82) is 0 Å². The van der Waals surface area contributed by atoms with Gasteiger partial charge in [0.1, 0.15) is 17.0 Å². The van der Waals surface area contributed by atoms with Gasteiger partial charge in [0.05, 0.1) is 24.6 Å². The molecular formula is C21H19N3OS. The molecule has 130 valence electrons. The first-order valence-corrected chi connectivity index (χ1v) is 9.39. The SMILES string of the molecule is c1ccc(COC[C@H](Nc2ncnc3sccc23)c2ccccc2)cc1. The molecule has 0 spiro atoms. The van der Waals surface area contributed by atoms with Gasteiger partial charge in [0.15, 0.2) is 0 Å². The third kappa shape index (κ3) is 3.90. The molecule has 1 atom stereocenters. The molecule has 0 aliphatic heterocycles. The van der Waals surface area contributed by atoms with Crippen molar-refractivity contribution in [2.75, 3.05) is 11.9 Å². The van der Waals surface area contributed by atoms with Crippen molar-refractivity contribution in [2.45, 2.75) is 12.6 Å². The Bertz CT molecular complexity index is 957. The lowest BCUT2D eigenvalue weighted by Crippen LogP contribution is -2.18. The third-order valence-corrected chi connectivity index (χ3v) is 4.99. The van der Waals surface area contributed by atoms with E-state index in [9.17, 15) is 0 Å². The van der Waals surface area contributed by atoms with Crippen molar-refractivity contribution in [3.05, 3.63) is 89.6 Å². The highest BCUT2D eigenvalue weighted by Gasteiger charge is 2.14. The van der Waals surface area contributed by atoms with Crippen LogP contribution in [0.5, 0.6) is 0 Å². The second kappa shape index (κ2) is 8.08. The number of ether oxygens (including phenoxy) is 1. The van der Waals surface area contributed by atoms with Crippen molar-refractivity contribution >= 4 is 27.4 Å². The molecule has 0 saturated carbocycles. The first-order chi connectivity index (χ1) is 12.9. The Labute approximate surface area is 156 Å². The molecule has 2 aromatic heterocycles. The average molecular weight is 361 g/mol. The van der Waals surface area contributed by atoms with Crippen molar-refractivity contribution < 1.29 is 4.74 Å². The predicted molar refractivity (Wildman–Crippen MR) is 106 cm³/mol. The van der Waals surface area contributed by atoms with E-state index in [2.05, 4.69) is 45.6 Å². The Morgan fingerprint density at radius 3 is 2.50 bits per heavy atom. The summed E-state index contributed by atoms with van der Waals surface area (Å²) in [6, 6.07) is 22.6. The zero-order chi connectivity index (χ0) is 17.6. The van der Waals surface area contributed by atoms with E-state index in [4.69, 9.17) is 4.74 Å². The van der Waals surface area contributed by atoms with Gasteiger partial charge in [-0.3, -0.25) is 0 Å². The van der Waals surface area contributed by atoms with Gasteiger partial charge in [-0.05, 0) is 22.6 Å². The predicted octanol–water partition coefficient (Wildman–Crippen LogP) is 5.06. The zero-order valence-corrected chi connectivity index (χ0v) is 15.0. The second-order valence-corrected chi connectivity index (χ2v) is 6.86. The van der Waals surface area contributed by atoms with E-state index in [0.29, 0.717) is 13.2 Å². The summed E-state index contributed by atoms with van der Waals surface area (Å²) in [6.07, 6.45) is 1.61. The summed E-state index contributed by atoms with van der Waals surface area (Å²) < 4.78 is 6.00. The largest absolute Gasteiger partial charge is 0.374 e. The topological polar surface area (TPSA) is 47.0 Å². The number of nitrogens with one attached hydrogen (secondary N) is 1. The molecule has 0 bridgehead atoms. The van der Waals surface area contributed by atoms with Crippen molar-refractivity contribution in [3.63, 3.8) is 0 Å². The van der Waals surface area contributed by atoms with E-state index < -0.39 is 0 Å². The number of anilines is 1. The van der Waals surface area contributed by atoms with Crippen LogP contribution in [0.1, 0.15) is 17.2 Å². The van der Waals surface area contributed by atoms with Gasteiger partial charge in [0.2, 0.25) is 0 Å². The Morgan fingerprint density at radius 2 is 1.69 bits per heavy atom. The summed E-state index contributed by atoms with van der Waals surface area (Å²) in [5.41, 5.74) is 2.34. The molecule has 2 heterocycles. The summed E-state index contributed by atoms with van der Waals surface area (Å²) in [4.78, 5) is 9.75. The van der Waals surface area contributed by atoms with Crippen molar-refractivity contribution in [3.8, 4) is 0 Å². The Hall–Kier alpha value is -2.76. The van der Waals surface area contributed by atoms with Gasteiger partial charge in [-0.1, -0.05) is 60.7 Å². The van der Waals surface area contributed by atoms with Crippen LogP contribution in [0.25, 0.3) is 10.2 Å². The third-order valence-electron chi connectivity index (χ3n) is 4.17. The monoisotopic (exact) mass is 361 g/mol. The summed E-state index contributed by atoms with van der Waals surface area (Å²) in [7, 11) is 0. The van der Waals surface area contributed by atoms with Crippen LogP contribution in [0, 0.1) is 0 Å². The van der Waals surface area contributed by atoms with E-state index in [0.717, 1.165) is 16.0 Å². The van der Waals surface area contributed by atoms with Gasteiger partial charge in [-0.25, -0.2) is 9.97 Å². The van der Waals surface area contributed by atoms with E-state index in [-0.39, 0.29) is 6.04 Å². The Kier molecular flexibility index (Phi) is 5.19. The number of benzene rings is 2. The van der Waals surface area contributed by atoms with Gasteiger partial charge in [0, 0.05) is 0 Å². The van der Waals surface area contributed by atoms with Crippen LogP contribution in [0.4, 0.5) is 5.82 Å². The van der Waals surface area contributed by atoms with E-state index in [1.165, 1.54) is 11.1 Å². The van der Waals surface area contributed by atoms with Crippen LogP contribution in [-0.2, 0) is 11.3 Å². The van der Waals surface area contributed by atoms with Crippen LogP contribution in [0.15, 0.2) is 78.4 Å². The fourth-order valence-electron chi connectivity index (χ4n) is 2.85. The quantitative estimate of drug-likeness (QED) is 0.500. The molecule has 0 radical (unpaired) electrons. The number of rotatable bonds is 7. The van der Waals surface area contributed by atoms with Crippen LogP contribution in [0.3, 0.4) is 0 Å². The van der Waals surface area contributed by atoms with Crippen LogP contribution in [-0.4, -0.2) is 16.6 Å². The highest BCUT2D eigenvalue weighted by molar-refractivity contribution is 7.16. The second-order valence-electron chi connectivity index (χ2n) is 5.97. The van der Waals surface area contributed by atoms with Gasteiger partial charge in [-0.15, -0.1) is 11.3 Å². The standard InChI is InChI=1S/C21H19N3OS/c1-3-7-16(8-4-1)13-25-14-19(17-9-5-2-6-10-17)24-20-18-11-12-26-21(18)23-15-22-20/h1-12,15,19H,13-14H2,(H,22,23,24)/t19-/m0/s1. The summed E-state index contributed by atoms with van der Waals surface area (Å²) in [5, 5.41) is 6.62. The van der Waals surface area contributed by atoms with Gasteiger partial charge in [-0.2, -0.15) is 0 Å². The van der Waals surface area contributed by atoms with Crippen molar-refractivity contribution in [2.24, 2.45) is 0 Å². The molecule has 4 rings (SSSR count). The number of fused-ring (bicyclic) bond motifs is 1. The molecule has 4 aromatic rings. The molecule has 4 nitrogen and oxygen atoms in total. The van der Waals surface area contributed by atoms with Crippen LogP contribution < -0.4 is 5.32 Å². The molecule has 0 aliphatic rings. The van der Waals surface area contributed by atoms with Gasteiger partial charge < -0.3 is 10.1 Å². The minimum absolute atomic E-state index is 0.0120. The number of nitrogens with zero attached hydrogens (tertiary/aromatic N) is 2. The number of hydrogen-bond acceptors (Lipinski definition) is 5. The first-order valence-electron chi connectivity index (χ1n) is 8.51. The highest BCUT2D eigenvalue weighted by atomic mass is 32.1. The lowest BCUT2D eigenvalue weighted by Gasteiger charge is -2.20. The van der Waals surface area contributed by atoms with Crippen LogP contribution in [0.2, 0.25) is 0 Å². The van der Waals surface area contributed by atoms with E-state index >= 15 is 0 Å². The lowest BCUT2D eigenvalue weighted by molar-refractivity contribution is 0.112. The molecule has 0 fully saturated rings. The molecular weight excluding hydrogens is 342 g/mol. The summed E-state index contributed by atoms with van der Waals surface area (Å²) in [5.74, 6) is 0.841. The Morgan fingerprint density at radius 1 is 0.923 bits per heavy atom. The lowest BCUT2D eigenvalue weighted by atomic mass is 10.1. The molecule has 0 saturated heterocycles. The molecule has 5 heteroatoms. The van der Waals surface area contributed by atoms with Crippen molar-refractivity contribution in [1.82, 2.24) is 9.97 Å². The average Bonchev–Trinajstić information content (AvgIpc) is 3.18. The molecule has 0 unspecified atom stereocenters. The van der Waals surface area contributed by atoms with Gasteiger partial charge >= 0.3 is 0 Å². The smallest absolute Gasteiger partial charge is 0.138 e. The van der Waals surface area contributed by atoms with Gasteiger partial charge in [0.25, 0.3) is 0 Å². The molecule has 26 heavy (non-hydrogen) atoms. The minimum atomic E-state index is 0.0120. The summed E-state index contributed by atoms with van der Waals surface area (Å²) >= 11 is 1.62. The van der Waals surface area contributed by atoms with Crippen LogP contribution >= 0.6 is 11.3 Å². The fraction of sp³-hybridized carbons (Fsp3) is 0.143. The Balaban J connectivity index is 1.52. The fourth-order valence-corrected chi connectivity index (χ4v) is 3.58. The maximum absolute atomic E-state index is 6.00. The number of thiophene rings is 1. The number of hydrogen-bond donors (Lipinski definition) is 1. The zero-order valence-electron chi connectivity index (χ0n) is 14.2. The van der Waals surface area contributed by atoms with E-state index in [1.807, 2.05) is 41.8 Å². The first kappa shape index (κ1) is 16.7. The molecule has 0 amide bonds.